The molecule has 26 heavy (non-hydrogen) atoms. The summed E-state index contributed by atoms with van der Waals surface area (Å²) in [6.07, 6.45) is 0. The van der Waals surface area contributed by atoms with E-state index in [0.29, 0.717) is 11.3 Å². The maximum absolute atomic E-state index is 13.1. The van der Waals surface area contributed by atoms with E-state index in [4.69, 9.17) is 4.74 Å². The minimum absolute atomic E-state index is 0.0585. The van der Waals surface area contributed by atoms with Crippen molar-refractivity contribution in [2.24, 2.45) is 5.41 Å². The maximum atomic E-state index is 13.1. The standard InChI is InChI=1S/C19H20O6S/c1-12-3-9-15(10-4-12)26(23,24)17-16(19(17,11-20)18(21)22)13-5-7-14(25-2)8-6-13/h3-10,16-17,20H,11H2,1-2H3,(H,21,22)/t16-,17+,19-/m0/s1. The zero-order valence-electron chi connectivity index (χ0n) is 14.4. The first-order chi connectivity index (χ1) is 12.3. The summed E-state index contributed by atoms with van der Waals surface area (Å²) < 4.78 is 31.3. The molecule has 3 atom stereocenters. The molecule has 7 heteroatoms. The van der Waals surface area contributed by atoms with Gasteiger partial charge in [-0.05, 0) is 36.8 Å². The van der Waals surface area contributed by atoms with Gasteiger partial charge in [0, 0.05) is 5.92 Å². The van der Waals surface area contributed by atoms with Crippen LogP contribution >= 0.6 is 0 Å². The fraction of sp³-hybridized carbons (Fsp3) is 0.316. The van der Waals surface area contributed by atoms with Crippen molar-refractivity contribution >= 4 is 15.8 Å². The summed E-state index contributed by atoms with van der Waals surface area (Å²) in [5.41, 5.74) is -0.306. The van der Waals surface area contributed by atoms with E-state index in [1.807, 2.05) is 6.92 Å². The number of aliphatic hydroxyl groups excluding tert-OH is 1. The molecule has 2 aromatic carbocycles. The van der Waals surface area contributed by atoms with E-state index in [1.54, 1.807) is 36.4 Å². The van der Waals surface area contributed by atoms with Crippen LogP contribution in [-0.2, 0) is 14.6 Å². The minimum atomic E-state index is -3.93. The largest absolute Gasteiger partial charge is 0.497 e. The Balaban J connectivity index is 2.08. The van der Waals surface area contributed by atoms with Gasteiger partial charge in [-0.2, -0.15) is 0 Å². The molecule has 2 aromatic rings. The van der Waals surface area contributed by atoms with Crippen LogP contribution in [0.4, 0.5) is 0 Å². The van der Waals surface area contributed by atoms with Crippen LogP contribution in [0, 0.1) is 12.3 Å². The van der Waals surface area contributed by atoms with Gasteiger partial charge in [0.05, 0.1) is 23.9 Å². The van der Waals surface area contributed by atoms with Crippen LogP contribution in [0.5, 0.6) is 5.75 Å². The summed E-state index contributed by atoms with van der Waals surface area (Å²) in [4.78, 5) is 12.0. The fourth-order valence-electron chi connectivity index (χ4n) is 3.53. The smallest absolute Gasteiger partial charge is 0.314 e. The Morgan fingerprint density at radius 1 is 1.12 bits per heavy atom. The number of hydrogen-bond donors (Lipinski definition) is 2. The summed E-state index contributed by atoms with van der Waals surface area (Å²) in [5, 5.41) is 18.3. The van der Waals surface area contributed by atoms with Crippen LogP contribution < -0.4 is 4.74 Å². The molecule has 1 fully saturated rings. The number of aliphatic carboxylic acids is 1. The third-order valence-corrected chi connectivity index (χ3v) is 7.37. The molecule has 0 saturated heterocycles. The lowest BCUT2D eigenvalue weighted by Gasteiger charge is -2.10. The van der Waals surface area contributed by atoms with Gasteiger partial charge in [0.2, 0.25) is 0 Å². The SMILES string of the molecule is COc1ccc([C@H]2[C@@H](S(=O)(=O)c3ccc(C)cc3)[C@@]2(CO)C(=O)O)cc1. The number of carboxylic acids is 1. The van der Waals surface area contributed by atoms with Crippen LogP contribution in [0.25, 0.3) is 0 Å². The molecule has 0 aliphatic heterocycles. The molecule has 1 aliphatic carbocycles. The lowest BCUT2D eigenvalue weighted by Crippen LogP contribution is -2.27. The van der Waals surface area contributed by atoms with Crippen LogP contribution in [0.1, 0.15) is 17.0 Å². The number of sulfone groups is 1. The number of rotatable bonds is 6. The van der Waals surface area contributed by atoms with Gasteiger partial charge in [-0.3, -0.25) is 4.79 Å². The van der Waals surface area contributed by atoms with Gasteiger partial charge in [0.15, 0.2) is 9.84 Å². The van der Waals surface area contributed by atoms with Crippen molar-refractivity contribution in [3.05, 3.63) is 59.7 Å². The van der Waals surface area contributed by atoms with Gasteiger partial charge in [-0.15, -0.1) is 0 Å². The first kappa shape index (κ1) is 18.4. The molecule has 0 amide bonds. The van der Waals surface area contributed by atoms with E-state index in [-0.39, 0.29) is 4.90 Å². The average Bonchev–Trinajstić information content (AvgIpc) is 3.34. The molecule has 2 N–H and O–H groups in total. The van der Waals surface area contributed by atoms with Crippen LogP contribution in [0.15, 0.2) is 53.4 Å². The van der Waals surface area contributed by atoms with E-state index < -0.39 is 39.0 Å². The van der Waals surface area contributed by atoms with Crippen molar-refractivity contribution in [1.29, 1.82) is 0 Å². The second-order valence-electron chi connectivity index (χ2n) is 6.53. The summed E-state index contributed by atoms with van der Waals surface area (Å²) >= 11 is 0. The molecule has 0 radical (unpaired) electrons. The molecule has 0 spiro atoms. The molecule has 1 saturated carbocycles. The topological polar surface area (TPSA) is 101 Å². The number of benzene rings is 2. The van der Waals surface area contributed by atoms with E-state index in [2.05, 4.69) is 0 Å². The van der Waals surface area contributed by atoms with Crippen LogP contribution in [0.3, 0.4) is 0 Å². The van der Waals surface area contributed by atoms with Gasteiger partial charge in [0.25, 0.3) is 0 Å². The zero-order valence-corrected chi connectivity index (χ0v) is 15.2. The second-order valence-corrected chi connectivity index (χ2v) is 8.60. The molecule has 138 valence electrons. The Bertz CT molecular complexity index is 918. The van der Waals surface area contributed by atoms with Crippen LogP contribution in [0.2, 0.25) is 0 Å². The number of aliphatic hydroxyl groups is 1. The zero-order chi connectivity index (χ0) is 19.1. The van der Waals surface area contributed by atoms with Crippen LogP contribution in [-0.4, -0.2) is 43.6 Å². The Morgan fingerprint density at radius 3 is 2.15 bits per heavy atom. The number of carbonyl (C=O) groups is 1. The van der Waals surface area contributed by atoms with E-state index in [9.17, 15) is 23.4 Å². The molecule has 0 aromatic heterocycles. The average molecular weight is 376 g/mol. The van der Waals surface area contributed by atoms with Gasteiger partial charge in [-0.25, -0.2) is 8.42 Å². The quantitative estimate of drug-likeness (QED) is 0.800. The first-order valence-electron chi connectivity index (χ1n) is 8.08. The first-order valence-corrected chi connectivity index (χ1v) is 9.62. The highest BCUT2D eigenvalue weighted by Gasteiger charge is 2.75. The van der Waals surface area contributed by atoms with Gasteiger partial charge in [-0.1, -0.05) is 29.8 Å². The fourth-order valence-corrected chi connectivity index (χ4v) is 5.89. The lowest BCUT2D eigenvalue weighted by molar-refractivity contribution is -0.145. The number of hydrogen-bond acceptors (Lipinski definition) is 5. The Hall–Kier alpha value is -2.38. The highest BCUT2D eigenvalue weighted by Crippen LogP contribution is 2.64. The normalized spacial score (nSPS) is 24.9. The Labute approximate surface area is 152 Å². The highest BCUT2D eigenvalue weighted by atomic mass is 32.2. The van der Waals surface area contributed by atoms with Crippen molar-refractivity contribution in [2.75, 3.05) is 13.7 Å². The van der Waals surface area contributed by atoms with E-state index in [0.717, 1.165) is 5.56 Å². The summed E-state index contributed by atoms with van der Waals surface area (Å²) in [6.45, 7) is 1.08. The Morgan fingerprint density at radius 2 is 1.69 bits per heavy atom. The molecule has 3 rings (SSSR count). The monoisotopic (exact) mass is 376 g/mol. The molecule has 0 bridgehead atoms. The summed E-state index contributed by atoms with van der Waals surface area (Å²) in [6, 6.07) is 12.8. The van der Waals surface area contributed by atoms with Crippen molar-refractivity contribution in [3.63, 3.8) is 0 Å². The van der Waals surface area contributed by atoms with Gasteiger partial charge in [0.1, 0.15) is 11.2 Å². The molecule has 1 aliphatic rings. The number of ether oxygens (including phenoxy) is 1. The third-order valence-electron chi connectivity index (χ3n) is 5.07. The minimum Gasteiger partial charge on any atom is -0.497 e. The number of carboxylic acid groups (broad SMARTS) is 1. The molecule has 0 unspecified atom stereocenters. The number of aryl methyl sites for hydroxylation is 1. The van der Waals surface area contributed by atoms with Crippen molar-refractivity contribution in [3.8, 4) is 5.75 Å². The van der Waals surface area contributed by atoms with Crippen molar-refractivity contribution < 1.29 is 28.2 Å². The molecule has 0 heterocycles. The van der Waals surface area contributed by atoms with E-state index >= 15 is 0 Å². The molecular weight excluding hydrogens is 356 g/mol. The third kappa shape index (κ3) is 2.68. The Kier molecular flexibility index (Phi) is 4.54. The van der Waals surface area contributed by atoms with Gasteiger partial charge < -0.3 is 14.9 Å². The molecular formula is C19H20O6S. The highest BCUT2D eigenvalue weighted by molar-refractivity contribution is 7.92. The summed E-state index contributed by atoms with van der Waals surface area (Å²) in [7, 11) is -2.43. The maximum Gasteiger partial charge on any atom is 0.314 e. The predicted octanol–water partition coefficient (Wildman–Crippen LogP) is 2.01. The number of methoxy groups -OCH3 is 1. The van der Waals surface area contributed by atoms with E-state index in [1.165, 1.54) is 19.2 Å². The summed E-state index contributed by atoms with van der Waals surface area (Å²) in [5.74, 6) is -1.57. The molecule has 6 nitrogen and oxygen atoms in total. The second kappa shape index (κ2) is 6.41. The lowest BCUT2D eigenvalue weighted by atomic mass is 10.00. The van der Waals surface area contributed by atoms with Gasteiger partial charge >= 0.3 is 5.97 Å². The predicted molar refractivity (Wildman–Crippen MR) is 95.0 cm³/mol. The van der Waals surface area contributed by atoms with Crippen molar-refractivity contribution in [1.82, 2.24) is 0 Å². The van der Waals surface area contributed by atoms with Crippen molar-refractivity contribution in [2.45, 2.75) is 23.0 Å².